The second-order valence-corrected chi connectivity index (χ2v) is 9.26. The third-order valence-electron chi connectivity index (χ3n) is 6.57. The number of aliphatic hydroxyl groups excluding tert-OH is 1. The fraction of sp³-hybridized carbons (Fsp3) is 0.423. The molecule has 2 atom stereocenters. The van der Waals surface area contributed by atoms with Crippen LogP contribution >= 0.6 is 0 Å². The first-order valence-corrected chi connectivity index (χ1v) is 12.2. The number of hydrogen-bond donors (Lipinski definition) is 5. The Morgan fingerprint density at radius 2 is 2.11 bits per heavy atom. The number of carbonyl (C=O) groups excluding carboxylic acids is 1. The van der Waals surface area contributed by atoms with Crippen LogP contribution in [0.25, 0.3) is 11.2 Å². The van der Waals surface area contributed by atoms with Gasteiger partial charge >= 0.3 is 0 Å². The highest BCUT2D eigenvalue weighted by molar-refractivity contribution is 6.19. The Labute approximate surface area is 205 Å². The number of amides is 1. The molecule has 0 saturated carbocycles. The number of anilines is 2. The van der Waals surface area contributed by atoms with Gasteiger partial charge in [0.05, 0.1) is 6.10 Å². The summed E-state index contributed by atoms with van der Waals surface area (Å²) in [6.07, 6.45) is 4.07. The van der Waals surface area contributed by atoms with E-state index in [2.05, 4.69) is 34.8 Å². The van der Waals surface area contributed by atoms with Gasteiger partial charge in [-0.2, -0.15) is 4.52 Å². The lowest BCUT2D eigenvalue weighted by atomic mass is 9.95. The summed E-state index contributed by atoms with van der Waals surface area (Å²) in [5, 5.41) is 25.3. The Balaban J connectivity index is 1.60. The van der Waals surface area contributed by atoms with Crippen LogP contribution in [-0.2, 0) is 11.3 Å². The maximum atomic E-state index is 11.9. The van der Waals surface area contributed by atoms with Gasteiger partial charge in [-0.1, -0.05) is 44.2 Å². The molecule has 3 aromatic rings. The summed E-state index contributed by atoms with van der Waals surface area (Å²) >= 11 is 0. The highest BCUT2D eigenvalue weighted by Crippen LogP contribution is 2.30. The fourth-order valence-electron chi connectivity index (χ4n) is 4.67. The van der Waals surface area contributed by atoms with E-state index in [1.54, 1.807) is 12.3 Å². The number of β-amino-alcohol motifs (C(OH)–C–C–N with tert-alkyl or cyclic N) is 1. The van der Waals surface area contributed by atoms with Gasteiger partial charge in [0.25, 0.3) is 0 Å². The highest BCUT2D eigenvalue weighted by Gasteiger charge is 2.25. The molecule has 0 spiro atoms. The van der Waals surface area contributed by atoms with Gasteiger partial charge in [-0.05, 0) is 43.0 Å². The molecule has 35 heavy (non-hydrogen) atoms. The first-order valence-electron chi connectivity index (χ1n) is 12.2. The van der Waals surface area contributed by atoms with Gasteiger partial charge in [-0.15, -0.1) is 5.10 Å². The topological polar surface area (TPSA) is 130 Å². The van der Waals surface area contributed by atoms with E-state index in [0.717, 1.165) is 46.9 Å². The molecule has 2 aromatic heterocycles. The zero-order valence-corrected chi connectivity index (χ0v) is 20.6. The van der Waals surface area contributed by atoms with Crippen molar-refractivity contribution in [2.75, 3.05) is 30.3 Å². The van der Waals surface area contributed by atoms with Crippen molar-refractivity contribution >= 4 is 28.8 Å². The molecule has 4 rings (SSSR count). The van der Waals surface area contributed by atoms with Crippen molar-refractivity contribution in [3.8, 4) is 0 Å². The van der Waals surface area contributed by atoms with Crippen molar-refractivity contribution < 1.29 is 9.90 Å². The van der Waals surface area contributed by atoms with E-state index < -0.39 is 5.91 Å². The number of primary amides is 1. The zero-order chi connectivity index (χ0) is 24.9. The van der Waals surface area contributed by atoms with Gasteiger partial charge in [0.1, 0.15) is 5.82 Å². The predicted molar refractivity (Wildman–Crippen MR) is 139 cm³/mol. The minimum Gasteiger partial charge on any atom is -0.391 e. The SMILES string of the molecule is CC=C(C(N)=O)c1ccccc1CNc1ccnc2c(C(C)C)c(NC[C@H]3CCNC[C@@H]3O)nn12. The lowest BCUT2D eigenvalue weighted by molar-refractivity contribution is -0.112. The summed E-state index contributed by atoms with van der Waals surface area (Å²) in [7, 11) is 0. The Morgan fingerprint density at radius 3 is 2.83 bits per heavy atom. The summed E-state index contributed by atoms with van der Waals surface area (Å²) in [5.74, 6) is 1.52. The number of rotatable bonds is 9. The highest BCUT2D eigenvalue weighted by atomic mass is 16.3. The molecule has 186 valence electrons. The average Bonchev–Trinajstić information content (AvgIpc) is 3.22. The second kappa shape index (κ2) is 10.9. The Morgan fingerprint density at radius 1 is 1.31 bits per heavy atom. The van der Waals surface area contributed by atoms with E-state index >= 15 is 0 Å². The van der Waals surface area contributed by atoms with Crippen LogP contribution in [0.3, 0.4) is 0 Å². The summed E-state index contributed by atoms with van der Waals surface area (Å²) in [6.45, 7) is 8.74. The van der Waals surface area contributed by atoms with Crippen LogP contribution in [0.4, 0.5) is 11.6 Å². The van der Waals surface area contributed by atoms with E-state index in [1.165, 1.54) is 0 Å². The van der Waals surface area contributed by atoms with Crippen LogP contribution in [-0.4, -0.2) is 51.4 Å². The van der Waals surface area contributed by atoms with Crippen molar-refractivity contribution in [2.45, 2.75) is 45.8 Å². The Bertz CT molecular complexity index is 1220. The molecule has 0 unspecified atom stereocenters. The van der Waals surface area contributed by atoms with Crippen molar-refractivity contribution in [2.24, 2.45) is 11.7 Å². The number of fused-ring (bicyclic) bond motifs is 1. The van der Waals surface area contributed by atoms with Crippen molar-refractivity contribution in [1.29, 1.82) is 0 Å². The smallest absolute Gasteiger partial charge is 0.248 e. The van der Waals surface area contributed by atoms with Crippen molar-refractivity contribution in [3.05, 3.63) is 59.3 Å². The molecule has 9 heteroatoms. The van der Waals surface area contributed by atoms with Crippen LogP contribution in [0, 0.1) is 5.92 Å². The quantitative estimate of drug-likeness (QED) is 0.300. The van der Waals surface area contributed by atoms with Gasteiger partial charge in [0, 0.05) is 42.9 Å². The van der Waals surface area contributed by atoms with Crippen LogP contribution in [0.15, 0.2) is 42.6 Å². The summed E-state index contributed by atoms with van der Waals surface area (Å²) in [6, 6.07) is 9.61. The Kier molecular flexibility index (Phi) is 7.67. The van der Waals surface area contributed by atoms with Crippen LogP contribution < -0.4 is 21.7 Å². The molecule has 3 heterocycles. The minimum absolute atomic E-state index is 0.175. The molecule has 1 aliphatic heterocycles. The van der Waals surface area contributed by atoms with E-state index in [4.69, 9.17) is 10.8 Å². The lowest BCUT2D eigenvalue weighted by Crippen LogP contribution is -2.43. The molecule has 0 bridgehead atoms. The molecule has 1 amide bonds. The first kappa shape index (κ1) is 24.7. The maximum absolute atomic E-state index is 11.9. The molecule has 9 nitrogen and oxygen atoms in total. The van der Waals surface area contributed by atoms with E-state index in [0.29, 0.717) is 25.2 Å². The predicted octanol–water partition coefficient (Wildman–Crippen LogP) is 2.74. The minimum atomic E-state index is -0.450. The number of aliphatic hydroxyl groups is 1. The van der Waals surface area contributed by atoms with Gasteiger partial charge in [-0.25, -0.2) is 4.98 Å². The molecule has 6 N–H and O–H groups in total. The third-order valence-corrected chi connectivity index (χ3v) is 6.57. The molecule has 1 fully saturated rings. The van der Waals surface area contributed by atoms with Crippen LogP contribution in [0.5, 0.6) is 0 Å². The average molecular weight is 478 g/mol. The van der Waals surface area contributed by atoms with Gasteiger partial charge in [0.15, 0.2) is 11.5 Å². The number of aromatic nitrogens is 3. The van der Waals surface area contributed by atoms with Crippen molar-refractivity contribution in [3.63, 3.8) is 0 Å². The Hall–Kier alpha value is -3.43. The molecule has 0 radical (unpaired) electrons. The van der Waals surface area contributed by atoms with Gasteiger partial charge < -0.3 is 26.8 Å². The molecule has 1 aromatic carbocycles. The normalized spacial score (nSPS) is 18.7. The maximum Gasteiger partial charge on any atom is 0.248 e. The standard InChI is InChI=1S/C26H35N7O2/c1-4-19(24(27)35)20-8-6-5-7-17(20)13-30-22-10-12-29-26-23(16(2)3)25(32-33(22)26)31-14-18-9-11-28-15-21(18)34/h4-8,10,12,16,18,21,28,30,34H,9,11,13-15H2,1-3H3,(H2,27,35)(H,31,32)/t18-,21+/m1/s1. The largest absolute Gasteiger partial charge is 0.391 e. The first-order chi connectivity index (χ1) is 16.9. The van der Waals surface area contributed by atoms with Crippen molar-refractivity contribution in [1.82, 2.24) is 19.9 Å². The second-order valence-electron chi connectivity index (χ2n) is 9.26. The molecular weight excluding hydrogens is 442 g/mol. The molecule has 1 aliphatic rings. The molecule has 1 saturated heterocycles. The number of hydrogen-bond acceptors (Lipinski definition) is 7. The number of piperidine rings is 1. The number of allylic oxidation sites excluding steroid dienone is 1. The lowest BCUT2D eigenvalue weighted by Gasteiger charge is -2.28. The number of nitrogens with zero attached hydrogens (tertiary/aromatic N) is 3. The molecule has 0 aliphatic carbocycles. The summed E-state index contributed by atoms with van der Waals surface area (Å²) in [4.78, 5) is 16.5. The number of nitrogens with two attached hydrogens (primary N) is 1. The molecular formula is C26H35N7O2. The zero-order valence-electron chi connectivity index (χ0n) is 20.6. The van der Waals surface area contributed by atoms with Gasteiger partial charge in [-0.3, -0.25) is 4.79 Å². The summed E-state index contributed by atoms with van der Waals surface area (Å²) < 4.78 is 1.82. The van der Waals surface area contributed by atoms with E-state index in [9.17, 15) is 9.90 Å². The number of carbonyl (C=O) groups is 1. The van der Waals surface area contributed by atoms with E-state index in [1.807, 2.05) is 41.8 Å². The third kappa shape index (κ3) is 5.31. The van der Waals surface area contributed by atoms with Gasteiger partial charge in [0.2, 0.25) is 5.91 Å². The number of nitrogens with one attached hydrogen (secondary N) is 3. The fourth-order valence-corrected chi connectivity index (χ4v) is 4.67. The van der Waals surface area contributed by atoms with E-state index in [-0.39, 0.29) is 17.9 Å². The summed E-state index contributed by atoms with van der Waals surface area (Å²) in [5.41, 5.74) is 9.69. The van der Waals surface area contributed by atoms with Crippen LogP contribution in [0.1, 0.15) is 49.8 Å². The monoisotopic (exact) mass is 477 g/mol. The number of benzene rings is 1. The van der Waals surface area contributed by atoms with Crippen LogP contribution in [0.2, 0.25) is 0 Å².